The molecule has 1 amide bonds. The van der Waals surface area contributed by atoms with Gasteiger partial charge in [-0.3, -0.25) is 0 Å². The van der Waals surface area contributed by atoms with Gasteiger partial charge in [-0.2, -0.15) is 13.2 Å². The Morgan fingerprint density at radius 3 is 2.47 bits per heavy atom. The average Bonchev–Trinajstić information content (AvgIpc) is 2.53. The Hall–Kier alpha value is -2.26. The molecule has 11 heteroatoms. The van der Waals surface area contributed by atoms with Crippen molar-refractivity contribution >= 4 is 40.9 Å². The van der Waals surface area contributed by atoms with Crippen LogP contribution < -0.4 is 5.32 Å². The number of likely N-dealkylation sites (tertiary alicyclic amines) is 1. The van der Waals surface area contributed by atoms with E-state index in [2.05, 4.69) is 15.3 Å². The molecule has 0 spiro atoms. The van der Waals surface area contributed by atoms with Gasteiger partial charge in [0, 0.05) is 25.2 Å². The molecular weight excluding hydrogens is 444 g/mol. The summed E-state index contributed by atoms with van der Waals surface area (Å²) >= 11 is 11.8. The first kappa shape index (κ1) is 22.4. The fourth-order valence-corrected chi connectivity index (χ4v) is 3.19. The van der Waals surface area contributed by atoms with E-state index in [1.807, 2.05) is 6.07 Å². The summed E-state index contributed by atoms with van der Waals surface area (Å²) in [5.74, 6) is -0.0384. The number of ether oxygens (including phenoxy) is 1. The number of hydrogen-bond acceptors (Lipinski definition) is 5. The fraction of sp³-hybridized carbons (Fsp3) is 0.421. The van der Waals surface area contributed by atoms with E-state index in [0.29, 0.717) is 30.0 Å². The van der Waals surface area contributed by atoms with Crippen molar-refractivity contribution in [3.63, 3.8) is 0 Å². The smallest absolute Gasteiger partial charge is 0.420 e. The van der Waals surface area contributed by atoms with Crippen molar-refractivity contribution in [1.82, 2.24) is 14.9 Å². The van der Waals surface area contributed by atoms with Gasteiger partial charge in [0.2, 0.25) is 5.95 Å². The van der Waals surface area contributed by atoms with Crippen molar-refractivity contribution < 1.29 is 22.7 Å². The summed E-state index contributed by atoms with van der Waals surface area (Å²) in [5, 5.41) is 2.41. The van der Waals surface area contributed by atoms with Crippen LogP contribution in [0.15, 0.2) is 24.4 Å². The minimum absolute atomic E-state index is 0.0763. The standard InChI is InChI=1S/C19H19Cl2F3N4O2/c1-18(2,3)30-17(29)28-8-11(9-28)10-4-5-13(20)14(6-10)26-16-25-7-12(15(21)27-16)19(22,23)24/h4-7,11H,8-9H2,1-3H3,(H,25,26,27). The van der Waals surface area contributed by atoms with Crippen LogP contribution in [0.1, 0.15) is 37.8 Å². The molecule has 0 radical (unpaired) electrons. The molecule has 0 unspecified atom stereocenters. The van der Waals surface area contributed by atoms with Gasteiger partial charge in [0.15, 0.2) is 0 Å². The molecule has 1 aromatic carbocycles. The van der Waals surface area contributed by atoms with Gasteiger partial charge >= 0.3 is 12.3 Å². The number of alkyl halides is 3. The molecule has 2 aromatic rings. The maximum absolute atomic E-state index is 12.8. The molecule has 0 saturated carbocycles. The second kappa shape index (κ2) is 8.11. The van der Waals surface area contributed by atoms with Crippen LogP contribution in [0.5, 0.6) is 0 Å². The highest BCUT2D eigenvalue weighted by molar-refractivity contribution is 6.33. The highest BCUT2D eigenvalue weighted by atomic mass is 35.5. The molecule has 1 aromatic heterocycles. The summed E-state index contributed by atoms with van der Waals surface area (Å²) in [6.07, 6.45) is -4.41. The first-order chi connectivity index (χ1) is 13.8. The Balaban J connectivity index is 1.70. The normalized spacial score (nSPS) is 15.0. The SMILES string of the molecule is CC(C)(C)OC(=O)N1CC(c2ccc(Cl)c(Nc3ncc(C(F)(F)F)c(Cl)n3)c2)C1. The largest absolute Gasteiger partial charge is 0.444 e. The zero-order chi connectivity index (χ0) is 22.3. The number of rotatable bonds is 3. The van der Waals surface area contributed by atoms with Crippen LogP contribution >= 0.6 is 23.2 Å². The van der Waals surface area contributed by atoms with Crippen LogP contribution in [0.2, 0.25) is 10.2 Å². The van der Waals surface area contributed by atoms with Gasteiger partial charge in [0.25, 0.3) is 0 Å². The third-order valence-corrected chi connectivity index (χ3v) is 4.91. The van der Waals surface area contributed by atoms with E-state index in [9.17, 15) is 18.0 Å². The molecule has 162 valence electrons. The third kappa shape index (κ3) is 5.26. The zero-order valence-corrected chi connectivity index (χ0v) is 17.9. The number of carbonyl (C=O) groups is 1. The van der Waals surface area contributed by atoms with Crippen LogP contribution in [-0.2, 0) is 10.9 Å². The Bertz CT molecular complexity index is 958. The number of nitrogens with one attached hydrogen (secondary N) is 1. The monoisotopic (exact) mass is 462 g/mol. The van der Waals surface area contributed by atoms with Crippen LogP contribution in [0.3, 0.4) is 0 Å². The number of aromatic nitrogens is 2. The zero-order valence-electron chi connectivity index (χ0n) is 16.3. The van der Waals surface area contributed by atoms with Crippen molar-refractivity contribution in [2.45, 2.75) is 38.5 Å². The Labute approximate surface area is 181 Å². The molecule has 0 atom stereocenters. The highest BCUT2D eigenvalue weighted by Crippen LogP contribution is 2.36. The van der Waals surface area contributed by atoms with Gasteiger partial charge in [0.1, 0.15) is 16.3 Å². The molecule has 1 N–H and O–H groups in total. The predicted molar refractivity (Wildman–Crippen MR) is 107 cm³/mol. The number of anilines is 2. The number of hydrogen-bond donors (Lipinski definition) is 1. The minimum atomic E-state index is -4.64. The second-order valence-electron chi connectivity index (χ2n) is 7.84. The summed E-state index contributed by atoms with van der Waals surface area (Å²) < 4.78 is 43.7. The number of amides is 1. The van der Waals surface area contributed by atoms with E-state index in [-0.39, 0.29) is 18.0 Å². The summed E-state index contributed by atoms with van der Waals surface area (Å²) in [6.45, 7) is 6.37. The predicted octanol–water partition coefficient (Wildman–Crippen LogP) is 5.88. The number of carbonyl (C=O) groups excluding carboxylic acids is 1. The summed E-state index contributed by atoms with van der Waals surface area (Å²) in [4.78, 5) is 21.0. The maximum atomic E-state index is 12.8. The van der Waals surface area contributed by atoms with Crippen LogP contribution in [-0.4, -0.2) is 39.7 Å². The van der Waals surface area contributed by atoms with E-state index < -0.39 is 22.5 Å². The van der Waals surface area contributed by atoms with Crippen molar-refractivity contribution in [2.75, 3.05) is 18.4 Å². The molecule has 1 aliphatic rings. The van der Waals surface area contributed by atoms with E-state index in [1.54, 1.807) is 37.8 Å². The summed E-state index contributed by atoms with van der Waals surface area (Å²) in [5.41, 5.74) is -0.366. The van der Waals surface area contributed by atoms with Crippen LogP contribution in [0.25, 0.3) is 0 Å². The number of nitrogens with zero attached hydrogens (tertiary/aromatic N) is 3. The second-order valence-corrected chi connectivity index (χ2v) is 8.61. The van der Waals surface area contributed by atoms with Gasteiger partial charge in [-0.25, -0.2) is 14.8 Å². The van der Waals surface area contributed by atoms with E-state index in [4.69, 9.17) is 27.9 Å². The molecule has 2 heterocycles. The maximum Gasteiger partial charge on any atom is 0.420 e. The quantitative estimate of drug-likeness (QED) is 0.576. The highest BCUT2D eigenvalue weighted by Gasteiger charge is 2.36. The van der Waals surface area contributed by atoms with Gasteiger partial charge < -0.3 is 15.0 Å². The Kier molecular flexibility index (Phi) is 6.06. The Morgan fingerprint density at radius 1 is 1.23 bits per heavy atom. The molecule has 1 aliphatic heterocycles. The number of benzene rings is 1. The first-order valence-corrected chi connectivity index (χ1v) is 9.73. The minimum Gasteiger partial charge on any atom is -0.444 e. The van der Waals surface area contributed by atoms with Crippen molar-refractivity contribution in [2.24, 2.45) is 0 Å². The molecule has 0 aliphatic carbocycles. The van der Waals surface area contributed by atoms with Crippen molar-refractivity contribution in [3.05, 3.63) is 45.7 Å². The molecule has 30 heavy (non-hydrogen) atoms. The third-order valence-electron chi connectivity index (χ3n) is 4.29. The van der Waals surface area contributed by atoms with Crippen LogP contribution in [0, 0.1) is 0 Å². The van der Waals surface area contributed by atoms with E-state index in [1.165, 1.54) is 0 Å². The topological polar surface area (TPSA) is 67.3 Å². The van der Waals surface area contributed by atoms with Crippen molar-refractivity contribution in [1.29, 1.82) is 0 Å². The Morgan fingerprint density at radius 2 is 1.90 bits per heavy atom. The van der Waals surface area contributed by atoms with Gasteiger partial charge in [0.05, 0.1) is 10.7 Å². The lowest BCUT2D eigenvalue weighted by molar-refractivity contribution is -0.137. The summed E-state index contributed by atoms with van der Waals surface area (Å²) in [6, 6.07) is 5.22. The molecular formula is C19H19Cl2F3N4O2. The molecule has 1 fully saturated rings. The lowest BCUT2D eigenvalue weighted by atomic mass is 9.91. The summed E-state index contributed by atoms with van der Waals surface area (Å²) in [7, 11) is 0. The lowest BCUT2D eigenvalue weighted by Crippen LogP contribution is -2.50. The number of halogens is 5. The molecule has 3 rings (SSSR count). The van der Waals surface area contributed by atoms with Gasteiger partial charge in [-0.1, -0.05) is 29.3 Å². The first-order valence-electron chi connectivity index (χ1n) is 8.97. The van der Waals surface area contributed by atoms with E-state index >= 15 is 0 Å². The fourth-order valence-electron chi connectivity index (χ4n) is 2.79. The van der Waals surface area contributed by atoms with E-state index in [0.717, 1.165) is 5.56 Å². The molecule has 6 nitrogen and oxygen atoms in total. The average molecular weight is 463 g/mol. The molecule has 1 saturated heterocycles. The molecule has 0 bridgehead atoms. The lowest BCUT2D eigenvalue weighted by Gasteiger charge is -2.40. The van der Waals surface area contributed by atoms with Gasteiger partial charge in [-0.05, 0) is 38.5 Å². The van der Waals surface area contributed by atoms with Crippen LogP contribution in [0.4, 0.5) is 29.6 Å². The van der Waals surface area contributed by atoms with Gasteiger partial charge in [-0.15, -0.1) is 0 Å². The van der Waals surface area contributed by atoms with Crippen molar-refractivity contribution in [3.8, 4) is 0 Å².